The van der Waals surface area contributed by atoms with Crippen LogP contribution in [0.4, 0.5) is 0 Å². The smallest absolute Gasteiger partial charge is 0.242 e. The Bertz CT molecular complexity index is 504. The van der Waals surface area contributed by atoms with Crippen molar-refractivity contribution in [3.8, 4) is 11.4 Å². The maximum absolute atomic E-state index is 11.7. The Hall–Kier alpha value is -2.17. The monoisotopic (exact) mass is 230 g/mol. The van der Waals surface area contributed by atoms with Gasteiger partial charge in [0.05, 0.1) is 0 Å². The van der Waals surface area contributed by atoms with Gasteiger partial charge in [-0.05, 0) is 12.1 Å². The van der Waals surface area contributed by atoms with Gasteiger partial charge in [0.2, 0.25) is 5.91 Å². The van der Waals surface area contributed by atoms with Crippen LogP contribution >= 0.6 is 0 Å². The Morgan fingerprint density at radius 2 is 2.24 bits per heavy atom. The highest BCUT2D eigenvalue weighted by Crippen LogP contribution is 2.15. The van der Waals surface area contributed by atoms with Crippen molar-refractivity contribution in [2.75, 3.05) is 14.1 Å². The molecular formula is C12H14N4O. The largest absolute Gasteiger partial charge is 0.347 e. The Kier molecular flexibility index (Phi) is 3.18. The second-order valence-electron chi connectivity index (χ2n) is 3.91. The highest BCUT2D eigenvalue weighted by Gasteiger charge is 2.10. The van der Waals surface area contributed by atoms with Crippen molar-refractivity contribution < 1.29 is 4.79 Å². The van der Waals surface area contributed by atoms with Gasteiger partial charge in [-0.3, -0.25) is 9.78 Å². The van der Waals surface area contributed by atoms with Crippen LogP contribution in [0.25, 0.3) is 11.4 Å². The number of hydrogen-bond acceptors (Lipinski definition) is 3. The number of pyridine rings is 1. The summed E-state index contributed by atoms with van der Waals surface area (Å²) in [6.45, 7) is 0.289. The van der Waals surface area contributed by atoms with Gasteiger partial charge in [-0.15, -0.1) is 0 Å². The Labute approximate surface area is 99.7 Å². The van der Waals surface area contributed by atoms with Gasteiger partial charge in [-0.25, -0.2) is 4.98 Å². The average molecular weight is 230 g/mol. The molecule has 0 aliphatic rings. The molecule has 0 saturated heterocycles. The summed E-state index contributed by atoms with van der Waals surface area (Å²) in [7, 11) is 3.48. The average Bonchev–Trinajstić information content (AvgIpc) is 2.78. The molecule has 0 aliphatic heterocycles. The highest BCUT2D eigenvalue weighted by molar-refractivity contribution is 5.76. The molecule has 0 spiro atoms. The van der Waals surface area contributed by atoms with Crippen molar-refractivity contribution in [2.24, 2.45) is 0 Å². The van der Waals surface area contributed by atoms with Crippen molar-refractivity contribution >= 4 is 5.91 Å². The van der Waals surface area contributed by atoms with Gasteiger partial charge in [-0.2, -0.15) is 0 Å². The van der Waals surface area contributed by atoms with Crippen LogP contribution in [0.15, 0.2) is 36.9 Å². The van der Waals surface area contributed by atoms with Crippen LogP contribution in [-0.2, 0) is 11.3 Å². The zero-order valence-electron chi connectivity index (χ0n) is 9.87. The van der Waals surface area contributed by atoms with E-state index in [1.165, 1.54) is 0 Å². The summed E-state index contributed by atoms with van der Waals surface area (Å²) in [4.78, 5) is 21.5. The van der Waals surface area contributed by atoms with Crippen molar-refractivity contribution in [3.63, 3.8) is 0 Å². The molecule has 0 unspecified atom stereocenters. The topological polar surface area (TPSA) is 51.0 Å². The van der Waals surface area contributed by atoms with Crippen LogP contribution in [0.1, 0.15) is 0 Å². The SMILES string of the molecule is CN(C)C(=O)Cn1ccnc1-c1cccnc1. The lowest BCUT2D eigenvalue weighted by Crippen LogP contribution is -2.26. The molecule has 2 aromatic heterocycles. The number of amides is 1. The van der Waals surface area contributed by atoms with E-state index in [2.05, 4.69) is 9.97 Å². The number of carbonyl (C=O) groups is 1. The fourth-order valence-electron chi connectivity index (χ4n) is 1.48. The van der Waals surface area contributed by atoms with Gasteiger partial charge >= 0.3 is 0 Å². The van der Waals surface area contributed by atoms with E-state index in [0.717, 1.165) is 11.4 Å². The second-order valence-corrected chi connectivity index (χ2v) is 3.91. The zero-order chi connectivity index (χ0) is 12.3. The van der Waals surface area contributed by atoms with Crippen molar-refractivity contribution in [1.82, 2.24) is 19.4 Å². The minimum absolute atomic E-state index is 0.0353. The molecule has 88 valence electrons. The summed E-state index contributed by atoms with van der Waals surface area (Å²) in [5.41, 5.74) is 0.907. The van der Waals surface area contributed by atoms with E-state index in [1.54, 1.807) is 43.8 Å². The molecular weight excluding hydrogens is 216 g/mol. The Balaban J connectivity index is 2.27. The molecule has 0 aromatic carbocycles. The van der Waals surface area contributed by atoms with E-state index in [9.17, 15) is 4.79 Å². The van der Waals surface area contributed by atoms with Crippen LogP contribution in [0.3, 0.4) is 0 Å². The predicted octanol–water partition coefficient (Wildman–Crippen LogP) is 1.03. The molecule has 0 N–H and O–H groups in total. The number of carbonyl (C=O) groups excluding carboxylic acids is 1. The summed E-state index contributed by atoms with van der Waals surface area (Å²) < 4.78 is 1.82. The second kappa shape index (κ2) is 4.78. The summed E-state index contributed by atoms with van der Waals surface area (Å²) in [5, 5.41) is 0. The number of imidazole rings is 1. The maximum atomic E-state index is 11.7. The maximum Gasteiger partial charge on any atom is 0.242 e. The molecule has 0 fully saturated rings. The summed E-state index contributed by atoms with van der Waals surface area (Å²) in [5.74, 6) is 0.793. The molecule has 5 nitrogen and oxygen atoms in total. The molecule has 0 aliphatic carbocycles. The van der Waals surface area contributed by atoms with Crippen LogP contribution in [0, 0.1) is 0 Å². The van der Waals surface area contributed by atoms with Crippen molar-refractivity contribution in [2.45, 2.75) is 6.54 Å². The van der Waals surface area contributed by atoms with Gasteiger partial charge in [0.1, 0.15) is 12.4 Å². The number of nitrogens with zero attached hydrogens (tertiary/aromatic N) is 4. The van der Waals surface area contributed by atoms with Gasteiger partial charge in [0.15, 0.2) is 0 Å². The molecule has 0 saturated carbocycles. The van der Waals surface area contributed by atoms with Gasteiger partial charge in [-0.1, -0.05) is 0 Å². The van der Waals surface area contributed by atoms with Crippen molar-refractivity contribution in [3.05, 3.63) is 36.9 Å². The van der Waals surface area contributed by atoms with Crippen LogP contribution in [0.2, 0.25) is 0 Å². The summed E-state index contributed by atoms with van der Waals surface area (Å²) in [6, 6.07) is 3.77. The van der Waals surface area contributed by atoms with Gasteiger partial charge in [0.25, 0.3) is 0 Å². The first-order chi connectivity index (χ1) is 8.18. The van der Waals surface area contributed by atoms with E-state index in [0.29, 0.717) is 0 Å². The Morgan fingerprint density at radius 3 is 2.88 bits per heavy atom. The van der Waals surface area contributed by atoms with Crippen molar-refractivity contribution in [1.29, 1.82) is 0 Å². The third kappa shape index (κ3) is 2.50. The molecule has 17 heavy (non-hydrogen) atoms. The molecule has 0 radical (unpaired) electrons. The first-order valence-corrected chi connectivity index (χ1v) is 5.30. The van der Waals surface area contributed by atoms with E-state index < -0.39 is 0 Å². The minimum atomic E-state index is 0.0353. The fraction of sp³-hybridized carbons (Fsp3) is 0.250. The number of likely N-dealkylation sites (N-methyl/N-ethyl adjacent to an activating group) is 1. The minimum Gasteiger partial charge on any atom is -0.347 e. The van der Waals surface area contributed by atoms with Crippen LogP contribution in [-0.4, -0.2) is 39.4 Å². The normalized spacial score (nSPS) is 10.2. The first-order valence-electron chi connectivity index (χ1n) is 5.30. The lowest BCUT2D eigenvalue weighted by Gasteiger charge is -2.12. The lowest BCUT2D eigenvalue weighted by atomic mass is 10.3. The van der Waals surface area contributed by atoms with E-state index in [4.69, 9.17) is 0 Å². The lowest BCUT2D eigenvalue weighted by molar-refractivity contribution is -0.129. The van der Waals surface area contributed by atoms with E-state index >= 15 is 0 Å². The summed E-state index contributed by atoms with van der Waals surface area (Å²) in [6.07, 6.45) is 6.93. The molecule has 2 heterocycles. The third-order valence-corrected chi connectivity index (χ3v) is 2.44. The zero-order valence-corrected chi connectivity index (χ0v) is 9.87. The molecule has 0 bridgehead atoms. The molecule has 2 aromatic rings. The number of hydrogen-bond donors (Lipinski definition) is 0. The quantitative estimate of drug-likeness (QED) is 0.791. The highest BCUT2D eigenvalue weighted by atomic mass is 16.2. The third-order valence-electron chi connectivity index (χ3n) is 2.44. The number of aromatic nitrogens is 3. The van der Waals surface area contributed by atoms with E-state index in [1.807, 2.05) is 16.7 Å². The number of rotatable bonds is 3. The molecule has 5 heteroatoms. The standard InChI is InChI=1S/C12H14N4O/c1-15(2)11(17)9-16-7-6-14-12(16)10-4-3-5-13-8-10/h3-8H,9H2,1-2H3. The molecule has 1 amide bonds. The predicted molar refractivity (Wildman–Crippen MR) is 64.2 cm³/mol. The van der Waals surface area contributed by atoms with Crippen LogP contribution in [0.5, 0.6) is 0 Å². The van der Waals surface area contributed by atoms with Gasteiger partial charge < -0.3 is 9.47 Å². The molecule has 0 atom stereocenters. The summed E-state index contributed by atoms with van der Waals surface area (Å²) >= 11 is 0. The first kappa shape index (κ1) is 11.3. The Morgan fingerprint density at radius 1 is 1.41 bits per heavy atom. The fourth-order valence-corrected chi connectivity index (χ4v) is 1.48. The molecule has 2 rings (SSSR count). The van der Waals surface area contributed by atoms with E-state index in [-0.39, 0.29) is 12.5 Å². The van der Waals surface area contributed by atoms with Gasteiger partial charge in [0, 0.05) is 44.4 Å². The van der Waals surface area contributed by atoms with Crippen LogP contribution < -0.4 is 0 Å².